The van der Waals surface area contributed by atoms with E-state index < -0.39 is 0 Å². The van der Waals surface area contributed by atoms with Crippen molar-refractivity contribution in [1.29, 1.82) is 0 Å². The van der Waals surface area contributed by atoms with Gasteiger partial charge in [-0.25, -0.2) is 4.79 Å². The predicted octanol–water partition coefficient (Wildman–Crippen LogP) is 2.76. The largest absolute Gasteiger partial charge is 0.492 e. The SMILES string of the molecule is CCCC(=O)On1c(O)cc2cc(Cl)ccc21. The molecule has 5 heteroatoms. The van der Waals surface area contributed by atoms with Gasteiger partial charge in [-0.2, -0.15) is 0 Å². The van der Waals surface area contributed by atoms with E-state index in [1.54, 1.807) is 18.2 Å². The highest BCUT2D eigenvalue weighted by molar-refractivity contribution is 6.31. The summed E-state index contributed by atoms with van der Waals surface area (Å²) in [7, 11) is 0. The van der Waals surface area contributed by atoms with E-state index in [0.29, 0.717) is 23.4 Å². The predicted molar refractivity (Wildman–Crippen MR) is 65.1 cm³/mol. The molecule has 4 nitrogen and oxygen atoms in total. The number of hydrogen-bond donors (Lipinski definition) is 1. The second-order valence-electron chi connectivity index (χ2n) is 3.71. The first kappa shape index (κ1) is 11.8. The van der Waals surface area contributed by atoms with Crippen molar-refractivity contribution in [2.45, 2.75) is 19.8 Å². The van der Waals surface area contributed by atoms with E-state index in [4.69, 9.17) is 16.4 Å². The minimum atomic E-state index is -0.379. The van der Waals surface area contributed by atoms with E-state index in [2.05, 4.69) is 0 Å². The number of carbonyl (C=O) groups excluding carboxylic acids is 1. The van der Waals surface area contributed by atoms with Crippen molar-refractivity contribution in [2.24, 2.45) is 0 Å². The monoisotopic (exact) mass is 253 g/mol. The third-order valence-electron chi connectivity index (χ3n) is 2.35. The Morgan fingerprint density at radius 1 is 1.47 bits per heavy atom. The molecule has 1 N–H and O–H groups in total. The molecule has 2 aromatic rings. The van der Waals surface area contributed by atoms with Crippen molar-refractivity contribution in [3.63, 3.8) is 0 Å². The van der Waals surface area contributed by atoms with Crippen LogP contribution < -0.4 is 4.84 Å². The van der Waals surface area contributed by atoms with Crippen molar-refractivity contribution < 1.29 is 14.7 Å². The fourth-order valence-electron chi connectivity index (χ4n) is 1.59. The molecule has 0 spiro atoms. The van der Waals surface area contributed by atoms with Crippen LogP contribution in [0.2, 0.25) is 5.02 Å². The molecule has 0 unspecified atom stereocenters. The molecule has 0 aliphatic carbocycles. The first-order chi connectivity index (χ1) is 8.11. The maximum atomic E-state index is 11.4. The van der Waals surface area contributed by atoms with Gasteiger partial charge in [-0.05, 0) is 24.6 Å². The topological polar surface area (TPSA) is 51.5 Å². The lowest BCUT2D eigenvalue weighted by Crippen LogP contribution is -2.18. The molecular weight excluding hydrogens is 242 g/mol. The van der Waals surface area contributed by atoms with Crippen molar-refractivity contribution in [2.75, 3.05) is 0 Å². The number of hydrogen-bond acceptors (Lipinski definition) is 3. The van der Waals surface area contributed by atoms with Crippen LogP contribution in [0.15, 0.2) is 24.3 Å². The van der Waals surface area contributed by atoms with Crippen LogP contribution in [0.25, 0.3) is 10.9 Å². The van der Waals surface area contributed by atoms with E-state index in [-0.39, 0.29) is 11.8 Å². The Balaban J connectivity index is 2.39. The summed E-state index contributed by atoms with van der Waals surface area (Å²) < 4.78 is 1.11. The average molecular weight is 254 g/mol. The zero-order chi connectivity index (χ0) is 12.4. The third kappa shape index (κ3) is 2.36. The molecule has 2 rings (SSSR count). The number of carbonyl (C=O) groups is 1. The van der Waals surface area contributed by atoms with Crippen LogP contribution in [0.1, 0.15) is 19.8 Å². The summed E-state index contributed by atoms with van der Waals surface area (Å²) in [6, 6.07) is 6.56. The Morgan fingerprint density at radius 3 is 2.94 bits per heavy atom. The summed E-state index contributed by atoms with van der Waals surface area (Å²) in [6.07, 6.45) is 1.01. The Bertz CT molecular complexity index is 562. The van der Waals surface area contributed by atoms with Gasteiger partial charge in [0.1, 0.15) is 0 Å². The molecule has 0 fully saturated rings. The number of aromatic nitrogens is 1. The van der Waals surface area contributed by atoms with Gasteiger partial charge in [-0.3, -0.25) is 0 Å². The average Bonchev–Trinajstić information content (AvgIpc) is 2.55. The Kier molecular flexibility index (Phi) is 3.24. The minimum Gasteiger partial charge on any atom is -0.492 e. The Labute approximate surface area is 103 Å². The van der Waals surface area contributed by atoms with E-state index in [1.165, 1.54) is 6.07 Å². The lowest BCUT2D eigenvalue weighted by atomic mass is 10.2. The molecule has 0 atom stereocenters. The van der Waals surface area contributed by atoms with E-state index in [9.17, 15) is 9.90 Å². The fourth-order valence-corrected chi connectivity index (χ4v) is 1.78. The van der Waals surface area contributed by atoms with Gasteiger partial charge in [0.25, 0.3) is 0 Å². The van der Waals surface area contributed by atoms with Gasteiger partial charge < -0.3 is 9.94 Å². The zero-order valence-electron chi connectivity index (χ0n) is 9.31. The van der Waals surface area contributed by atoms with Crippen LogP contribution in [-0.2, 0) is 4.79 Å². The molecular formula is C12H12ClNO3. The normalized spacial score (nSPS) is 10.7. The summed E-state index contributed by atoms with van der Waals surface area (Å²) in [5.41, 5.74) is 0.608. The molecule has 0 radical (unpaired) electrons. The molecule has 90 valence electrons. The van der Waals surface area contributed by atoms with Gasteiger partial charge >= 0.3 is 5.97 Å². The molecule has 1 heterocycles. The van der Waals surface area contributed by atoms with Gasteiger partial charge in [0, 0.05) is 22.9 Å². The number of rotatable bonds is 3. The highest BCUT2D eigenvalue weighted by Crippen LogP contribution is 2.26. The van der Waals surface area contributed by atoms with Crippen molar-refractivity contribution in [3.05, 3.63) is 29.3 Å². The first-order valence-corrected chi connectivity index (χ1v) is 5.70. The highest BCUT2D eigenvalue weighted by atomic mass is 35.5. The second kappa shape index (κ2) is 4.67. The number of nitrogens with zero attached hydrogens (tertiary/aromatic N) is 1. The summed E-state index contributed by atoms with van der Waals surface area (Å²) >= 11 is 5.84. The maximum absolute atomic E-state index is 11.4. The van der Waals surface area contributed by atoms with Gasteiger partial charge in [0.2, 0.25) is 5.88 Å². The molecule has 17 heavy (non-hydrogen) atoms. The lowest BCUT2D eigenvalue weighted by Gasteiger charge is -2.06. The molecule has 0 saturated heterocycles. The zero-order valence-corrected chi connectivity index (χ0v) is 10.1. The van der Waals surface area contributed by atoms with Crippen LogP contribution in [0.5, 0.6) is 5.88 Å². The minimum absolute atomic E-state index is 0.119. The van der Waals surface area contributed by atoms with Gasteiger partial charge in [-0.1, -0.05) is 18.5 Å². The van der Waals surface area contributed by atoms with Crippen LogP contribution in [-0.4, -0.2) is 15.8 Å². The molecule has 1 aromatic heterocycles. The number of aromatic hydroxyl groups is 1. The van der Waals surface area contributed by atoms with Gasteiger partial charge in [-0.15, -0.1) is 4.73 Å². The number of benzene rings is 1. The molecule has 0 bridgehead atoms. The molecule has 0 amide bonds. The first-order valence-electron chi connectivity index (χ1n) is 5.33. The smallest absolute Gasteiger partial charge is 0.333 e. The highest BCUT2D eigenvalue weighted by Gasteiger charge is 2.12. The number of halogens is 1. The number of fused-ring (bicyclic) bond motifs is 1. The van der Waals surface area contributed by atoms with Crippen molar-refractivity contribution >= 4 is 28.5 Å². The summed E-state index contributed by atoms with van der Waals surface area (Å²) in [5.74, 6) is -0.498. The summed E-state index contributed by atoms with van der Waals surface area (Å²) in [5, 5.41) is 11.0. The molecule has 0 aliphatic rings. The second-order valence-corrected chi connectivity index (χ2v) is 4.15. The maximum Gasteiger partial charge on any atom is 0.333 e. The third-order valence-corrected chi connectivity index (χ3v) is 2.58. The fraction of sp³-hybridized carbons (Fsp3) is 0.250. The van der Waals surface area contributed by atoms with Crippen LogP contribution >= 0.6 is 11.6 Å². The molecule has 1 aromatic carbocycles. The van der Waals surface area contributed by atoms with Crippen molar-refractivity contribution in [1.82, 2.24) is 4.73 Å². The van der Waals surface area contributed by atoms with Crippen LogP contribution in [0.4, 0.5) is 0 Å². The van der Waals surface area contributed by atoms with Crippen molar-refractivity contribution in [3.8, 4) is 5.88 Å². The van der Waals surface area contributed by atoms with Gasteiger partial charge in [0.15, 0.2) is 0 Å². The van der Waals surface area contributed by atoms with Gasteiger partial charge in [0.05, 0.1) is 5.52 Å². The quantitative estimate of drug-likeness (QED) is 0.915. The summed E-state index contributed by atoms with van der Waals surface area (Å²) in [4.78, 5) is 16.5. The van der Waals surface area contributed by atoms with Crippen LogP contribution in [0, 0.1) is 0 Å². The lowest BCUT2D eigenvalue weighted by molar-refractivity contribution is -0.144. The molecule has 0 saturated carbocycles. The Hall–Kier alpha value is -1.68. The molecule has 0 aliphatic heterocycles. The van der Waals surface area contributed by atoms with Crippen LogP contribution in [0.3, 0.4) is 0 Å². The summed E-state index contributed by atoms with van der Waals surface area (Å²) in [6.45, 7) is 1.88. The standard InChI is InChI=1S/C12H12ClNO3/c1-2-3-12(16)17-14-10-5-4-9(13)6-8(10)7-11(14)15/h4-7,15H,2-3H2,1H3. The van der Waals surface area contributed by atoms with E-state index >= 15 is 0 Å². The van der Waals surface area contributed by atoms with E-state index in [1.807, 2.05) is 6.92 Å². The Morgan fingerprint density at radius 2 is 2.24 bits per heavy atom. The van der Waals surface area contributed by atoms with E-state index in [0.717, 1.165) is 10.1 Å².